The van der Waals surface area contributed by atoms with Crippen molar-refractivity contribution in [2.24, 2.45) is 0 Å². The number of fused-ring (bicyclic) bond motifs is 1. The second kappa shape index (κ2) is 8.11. The van der Waals surface area contributed by atoms with E-state index in [1.807, 2.05) is 30.3 Å². The molecule has 0 bridgehead atoms. The number of H-pyrrole nitrogens is 1. The minimum atomic E-state index is -0.385. The smallest absolute Gasteiger partial charge is 0.307 e. The van der Waals surface area contributed by atoms with Crippen molar-refractivity contribution in [3.8, 4) is 0 Å². The first kappa shape index (κ1) is 17.4. The highest BCUT2D eigenvalue weighted by Crippen LogP contribution is 2.11. The highest BCUT2D eigenvalue weighted by molar-refractivity contribution is 5.98. The molecule has 0 atom stereocenters. The lowest BCUT2D eigenvalue weighted by Crippen LogP contribution is -2.26. The number of rotatable bonds is 6. The van der Waals surface area contributed by atoms with Crippen LogP contribution in [0.2, 0.25) is 0 Å². The Morgan fingerprint density at radius 1 is 1.04 bits per heavy atom. The van der Waals surface area contributed by atoms with E-state index in [1.54, 1.807) is 24.4 Å². The average molecular weight is 350 g/mol. The Kier molecular flexibility index (Phi) is 5.43. The monoisotopic (exact) mass is 350 g/mol. The molecule has 0 saturated carbocycles. The van der Waals surface area contributed by atoms with Gasteiger partial charge in [-0.2, -0.15) is 0 Å². The van der Waals surface area contributed by atoms with Gasteiger partial charge in [0.05, 0.1) is 6.42 Å². The molecule has 0 aliphatic heterocycles. The van der Waals surface area contributed by atoms with Crippen LogP contribution in [-0.4, -0.2) is 23.4 Å². The van der Waals surface area contributed by atoms with Gasteiger partial charge in [0.15, 0.2) is 0 Å². The van der Waals surface area contributed by atoms with E-state index < -0.39 is 0 Å². The Labute approximate surface area is 149 Å². The van der Waals surface area contributed by atoms with Crippen LogP contribution >= 0.6 is 0 Å². The first-order chi connectivity index (χ1) is 12.6. The van der Waals surface area contributed by atoms with E-state index in [-0.39, 0.29) is 37.0 Å². The van der Waals surface area contributed by atoms with E-state index in [4.69, 9.17) is 4.74 Å². The molecule has 3 aromatic rings. The lowest BCUT2D eigenvalue weighted by atomic mass is 10.1. The molecule has 0 fully saturated rings. The van der Waals surface area contributed by atoms with Gasteiger partial charge < -0.3 is 15.0 Å². The molecule has 0 aliphatic carbocycles. The number of nitrogens with one attached hydrogen (secondary N) is 2. The van der Waals surface area contributed by atoms with E-state index in [0.29, 0.717) is 10.9 Å². The molecule has 6 heteroatoms. The quantitative estimate of drug-likeness (QED) is 0.668. The predicted molar refractivity (Wildman–Crippen MR) is 97.8 cm³/mol. The molecule has 1 amide bonds. The topological polar surface area (TPSA) is 88.3 Å². The summed E-state index contributed by atoms with van der Waals surface area (Å²) in [5.41, 5.74) is 1.03. The summed E-state index contributed by atoms with van der Waals surface area (Å²) in [5, 5.41) is 3.87. The first-order valence-corrected chi connectivity index (χ1v) is 8.23. The summed E-state index contributed by atoms with van der Waals surface area (Å²) in [7, 11) is 0. The Hall–Kier alpha value is -3.41. The minimum absolute atomic E-state index is 0.0761. The molecule has 132 valence electrons. The summed E-state index contributed by atoms with van der Waals surface area (Å²) in [6.45, 7) is 0.372. The van der Waals surface area contributed by atoms with Gasteiger partial charge >= 0.3 is 5.97 Å². The molecule has 3 rings (SSSR count). The van der Waals surface area contributed by atoms with Crippen molar-refractivity contribution in [2.45, 2.75) is 13.0 Å². The van der Waals surface area contributed by atoms with Gasteiger partial charge in [-0.3, -0.25) is 14.4 Å². The average Bonchev–Trinajstić information content (AvgIpc) is 2.67. The number of carbonyl (C=O) groups excluding carboxylic acids is 2. The van der Waals surface area contributed by atoms with Crippen LogP contribution in [0.5, 0.6) is 0 Å². The number of pyridine rings is 1. The van der Waals surface area contributed by atoms with Gasteiger partial charge in [-0.1, -0.05) is 36.4 Å². The fraction of sp³-hybridized carbons (Fsp3) is 0.150. The van der Waals surface area contributed by atoms with Crippen molar-refractivity contribution in [1.29, 1.82) is 0 Å². The van der Waals surface area contributed by atoms with Crippen molar-refractivity contribution in [1.82, 2.24) is 10.3 Å². The highest BCUT2D eigenvalue weighted by atomic mass is 16.5. The summed E-state index contributed by atoms with van der Waals surface area (Å²) < 4.78 is 5.15. The van der Waals surface area contributed by atoms with Crippen LogP contribution in [0.4, 0.5) is 0 Å². The Balaban J connectivity index is 1.50. The number of amides is 1. The van der Waals surface area contributed by atoms with Crippen molar-refractivity contribution in [2.75, 3.05) is 6.54 Å². The van der Waals surface area contributed by atoms with Gasteiger partial charge in [0, 0.05) is 23.7 Å². The second-order valence-electron chi connectivity index (χ2n) is 5.76. The molecular weight excluding hydrogens is 332 g/mol. The van der Waals surface area contributed by atoms with Crippen LogP contribution in [0.1, 0.15) is 22.3 Å². The fourth-order valence-corrected chi connectivity index (χ4v) is 2.51. The standard InChI is InChI=1S/C20H18N2O4/c23-18(26-13-14-4-2-1-3-5-14)9-11-21-19(24)16-7-6-15-8-10-22-20(25)17(15)12-16/h1-8,10,12H,9,11,13H2,(H,21,24)(H,22,25). The fourth-order valence-electron chi connectivity index (χ4n) is 2.51. The van der Waals surface area contributed by atoms with Crippen LogP contribution in [0, 0.1) is 0 Å². The summed E-state index contributed by atoms with van der Waals surface area (Å²) in [6.07, 6.45) is 1.64. The maximum absolute atomic E-state index is 12.2. The third-order valence-corrected chi connectivity index (χ3v) is 3.89. The number of hydrogen-bond donors (Lipinski definition) is 2. The molecule has 1 heterocycles. The van der Waals surface area contributed by atoms with Gasteiger partial charge in [-0.15, -0.1) is 0 Å². The predicted octanol–water partition coefficient (Wildman–Crippen LogP) is 2.39. The van der Waals surface area contributed by atoms with Gasteiger partial charge in [-0.05, 0) is 29.1 Å². The van der Waals surface area contributed by atoms with Crippen LogP contribution in [0.15, 0.2) is 65.6 Å². The number of hydrogen-bond acceptors (Lipinski definition) is 4. The molecular formula is C20H18N2O4. The first-order valence-electron chi connectivity index (χ1n) is 8.23. The summed E-state index contributed by atoms with van der Waals surface area (Å²) in [4.78, 5) is 38.3. The van der Waals surface area contributed by atoms with E-state index in [0.717, 1.165) is 10.9 Å². The molecule has 0 spiro atoms. The van der Waals surface area contributed by atoms with Gasteiger partial charge in [-0.25, -0.2) is 0 Å². The highest BCUT2D eigenvalue weighted by Gasteiger charge is 2.09. The van der Waals surface area contributed by atoms with Crippen LogP contribution in [-0.2, 0) is 16.1 Å². The van der Waals surface area contributed by atoms with E-state index in [1.165, 1.54) is 6.07 Å². The molecule has 1 aromatic heterocycles. The molecule has 2 aromatic carbocycles. The summed E-state index contributed by atoms with van der Waals surface area (Å²) in [5.74, 6) is -0.727. The van der Waals surface area contributed by atoms with Gasteiger partial charge in [0.25, 0.3) is 11.5 Å². The largest absolute Gasteiger partial charge is 0.461 e. The van der Waals surface area contributed by atoms with Crippen molar-refractivity contribution >= 4 is 22.6 Å². The van der Waals surface area contributed by atoms with E-state index >= 15 is 0 Å². The Morgan fingerprint density at radius 3 is 2.65 bits per heavy atom. The number of esters is 1. The zero-order valence-electron chi connectivity index (χ0n) is 14.0. The maximum atomic E-state index is 12.2. The zero-order chi connectivity index (χ0) is 18.4. The number of benzene rings is 2. The van der Waals surface area contributed by atoms with Crippen molar-refractivity contribution in [3.63, 3.8) is 0 Å². The van der Waals surface area contributed by atoms with Crippen molar-refractivity contribution in [3.05, 3.63) is 82.3 Å². The molecule has 0 aliphatic rings. The summed E-state index contributed by atoms with van der Waals surface area (Å²) in [6, 6.07) is 16.0. The molecule has 6 nitrogen and oxygen atoms in total. The lowest BCUT2D eigenvalue weighted by molar-refractivity contribution is -0.144. The SMILES string of the molecule is O=C(CCNC(=O)c1ccc2cc[nH]c(=O)c2c1)OCc1ccccc1. The summed E-state index contributed by atoms with van der Waals surface area (Å²) >= 11 is 0. The van der Waals surface area contributed by atoms with Crippen LogP contribution in [0.3, 0.4) is 0 Å². The number of aromatic amines is 1. The lowest BCUT2D eigenvalue weighted by Gasteiger charge is -2.07. The Morgan fingerprint density at radius 2 is 1.85 bits per heavy atom. The second-order valence-corrected chi connectivity index (χ2v) is 5.76. The van der Waals surface area contributed by atoms with E-state index in [9.17, 15) is 14.4 Å². The molecule has 0 unspecified atom stereocenters. The van der Waals surface area contributed by atoms with Crippen molar-refractivity contribution < 1.29 is 14.3 Å². The van der Waals surface area contributed by atoms with Gasteiger partial charge in [0.2, 0.25) is 0 Å². The number of aromatic nitrogens is 1. The number of ether oxygens (including phenoxy) is 1. The Bertz CT molecular complexity index is 980. The molecule has 2 N–H and O–H groups in total. The maximum Gasteiger partial charge on any atom is 0.307 e. The number of carbonyl (C=O) groups is 2. The third kappa shape index (κ3) is 4.36. The van der Waals surface area contributed by atoms with Gasteiger partial charge in [0.1, 0.15) is 6.61 Å². The van der Waals surface area contributed by atoms with Crippen LogP contribution < -0.4 is 10.9 Å². The normalized spacial score (nSPS) is 10.5. The molecule has 0 saturated heterocycles. The molecule has 0 radical (unpaired) electrons. The minimum Gasteiger partial charge on any atom is -0.461 e. The van der Waals surface area contributed by atoms with E-state index in [2.05, 4.69) is 10.3 Å². The third-order valence-electron chi connectivity index (χ3n) is 3.89. The van der Waals surface area contributed by atoms with Crippen LogP contribution in [0.25, 0.3) is 10.8 Å². The molecule has 26 heavy (non-hydrogen) atoms. The zero-order valence-corrected chi connectivity index (χ0v) is 14.0.